The summed E-state index contributed by atoms with van der Waals surface area (Å²) in [6.07, 6.45) is 1.99. The fraction of sp³-hybridized carbons (Fsp3) is 0.455. The molecule has 0 atom stereocenters. The predicted octanol–water partition coefficient (Wildman–Crippen LogP) is 6.15. The van der Waals surface area contributed by atoms with Gasteiger partial charge in [0.15, 0.2) is 0 Å². The molecule has 0 aliphatic rings. The van der Waals surface area contributed by atoms with Gasteiger partial charge in [0.2, 0.25) is 0 Å². The van der Waals surface area contributed by atoms with E-state index in [-0.39, 0.29) is 0 Å². The van der Waals surface area contributed by atoms with Crippen LogP contribution in [0.2, 0.25) is 0 Å². The Bertz CT molecular complexity index is 663. The molecule has 28 heavy (non-hydrogen) atoms. The van der Waals surface area contributed by atoms with Crippen molar-refractivity contribution in [2.45, 2.75) is 40.5 Å². The van der Waals surface area contributed by atoms with Gasteiger partial charge in [0, 0.05) is 26.2 Å². The van der Waals surface area contributed by atoms with Crippen LogP contribution in [0.5, 0.6) is 0 Å². The van der Waals surface area contributed by atoms with Crippen molar-refractivity contribution in [3.05, 3.63) is 59.7 Å². The highest BCUT2D eigenvalue weighted by Gasteiger charge is 1.99. The van der Waals surface area contributed by atoms with Gasteiger partial charge >= 0.3 is 0 Å². The van der Waals surface area contributed by atoms with Gasteiger partial charge in [-0.15, -0.1) is 10.2 Å². The highest BCUT2D eigenvalue weighted by atomic mass is 15.5. The average Bonchev–Trinajstić information content (AvgIpc) is 2.75. The molecule has 0 saturated heterocycles. The van der Waals surface area contributed by atoms with Crippen LogP contribution in [0.4, 0.5) is 11.4 Å². The van der Waals surface area contributed by atoms with Crippen LogP contribution in [0.1, 0.15) is 38.8 Å². The summed E-state index contributed by atoms with van der Waals surface area (Å²) in [5, 5.41) is 20.9. The van der Waals surface area contributed by atoms with Crippen molar-refractivity contribution in [3.8, 4) is 0 Å². The zero-order valence-electron chi connectivity index (χ0n) is 17.5. The van der Waals surface area contributed by atoms with Crippen LogP contribution in [-0.2, 0) is 12.8 Å². The van der Waals surface area contributed by atoms with Crippen LogP contribution < -0.4 is 0 Å². The minimum atomic E-state index is 0.869. The van der Waals surface area contributed by atoms with E-state index >= 15 is 0 Å². The molecule has 0 bridgehead atoms. The van der Waals surface area contributed by atoms with Crippen molar-refractivity contribution < 1.29 is 0 Å². The van der Waals surface area contributed by atoms with Crippen LogP contribution in [-0.4, -0.2) is 36.2 Å². The molecule has 0 aliphatic carbocycles. The van der Waals surface area contributed by atoms with E-state index in [1.165, 1.54) is 11.1 Å². The quantitative estimate of drug-likeness (QED) is 0.346. The lowest BCUT2D eigenvalue weighted by Crippen LogP contribution is -2.14. The van der Waals surface area contributed by atoms with Gasteiger partial charge in [-0.25, -0.2) is 0 Å². The largest absolute Gasteiger partial charge is 0.279 e. The van der Waals surface area contributed by atoms with Crippen molar-refractivity contribution in [1.29, 1.82) is 0 Å². The van der Waals surface area contributed by atoms with E-state index in [0.29, 0.717) is 0 Å². The van der Waals surface area contributed by atoms with Crippen LogP contribution in [0.3, 0.4) is 0 Å². The molecule has 0 fully saturated rings. The minimum Gasteiger partial charge on any atom is -0.279 e. The summed E-state index contributed by atoms with van der Waals surface area (Å²) in [4.78, 5) is 0. The molecule has 0 aromatic heterocycles. The normalized spacial score (nSPS) is 11.4. The van der Waals surface area contributed by atoms with Gasteiger partial charge in [0.1, 0.15) is 0 Å². The van der Waals surface area contributed by atoms with Crippen LogP contribution in [0, 0.1) is 0 Å². The summed E-state index contributed by atoms with van der Waals surface area (Å²) in [7, 11) is 0. The topological polar surface area (TPSA) is 55.9 Å². The molecule has 2 rings (SSSR count). The summed E-state index contributed by atoms with van der Waals surface area (Å²) in [6, 6.07) is 16.6. The van der Waals surface area contributed by atoms with Crippen LogP contribution in [0.15, 0.2) is 69.2 Å². The van der Waals surface area contributed by atoms with E-state index < -0.39 is 0 Å². The molecule has 150 valence electrons. The third kappa shape index (κ3) is 7.10. The Morgan fingerprint density at radius 3 is 1.14 bits per heavy atom. The highest BCUT2D eigenvalue weighted by molar-refractivity contribution is 5.40. The van der Waals surface area contributed by atoms with E-state index in [0.717, 1.165) is 50.4 Å². The number of nitrogens with zero attached hydrogens (tertiary/aromatic N) is 6. The first-order valence-corrected chi connectivity index (χ1v) is 10.2. The van der Waals surface area contributed by atoms with Gasteiger partial charge in [-0.3, -0.25) is 10.0 Å². The maximum atomic E-state index is 4.29. The first kappa shape index (κ1) is 21.5. The Hall–Kier alpha value is -2.76. The maximum Gasteiger partial charge on any atom is 0.0874 e. The third-order valence-electron chi connectivity index (χ3n) is 4.61. The SMILES string of the molecule is CCN(CC)N=Nc1ccc(CCc2ccc(N=NN(CC)CC)cc2)cc1. The second-order valence-electron chi connectivity index (χ2n) is 6.49. The molecule has 2 aromatic carbocycles. The van der Waals surface area contributed by atoms with Crippen molar-refractivity contribution >= 4 is 11.4 Å². The molecule has 0 aliphatic heterocycles. The Labute approximate surface area is 168 Å². The lowest BCUT2D eigenvalue weighted by molar-refractivity contribution is 0.300. The number of aryl methyl sites for hydroxylation is 2. The molecule has 0 N–H and O–H groups in total. The van der Waals surface area contributed by atoms with Gasteiger partial charge < -0.3 is 0 Å². The van der Waals surface area contributed by atoms with Crippen molar-refractivity contribution in [2.24, 2.45) is 20.7 Å². The smallest absolute Gasteiger partial charge is 0.0874 e. The summed E-state index contributed by atoms with van der Waals surface area (Å²) < 4.78 is 0. The zero-order chi connectivity index (χ0) is 20.2. The number of benzene rings is 2. The molecule has 0 radical (unpaired) electrons. The summed E-state index contributed by atoms with van der Waals surface area (Å²) in [5.41, 5.74) is 4.37. The van der Waals surface area contributed by atoms with Gasteiger partial charge in [-0.2, -0.15) is 0 Å². The number of hydrogen-bond donors (Lipinski definition) is 0. The van der Waals surface area contributed by atoms with Crippen molar-refractivity contribution in [1.82, 2.24) is 10.0 Å². The molecular weight excluding hydrogens is 348 g/mol. The summed E-state index contributed by atoms with van der Waals surface area (Å²) in [5.74, 6) is 0. The van der Waals surface area contributed by atoms with Crippen LogP contribution >= 0.6 is 0 Å². The first-order valence-electron chi connectivity index (χ1n) is 10.2. The Morgan fingerprint density at radius 1 is 0.536 bits per heavy atom. The molecule has 0 amide bonds. The Balaban J connectivity index is 1.86. The average molecular weight is 381 g/mol. The van der Waals surface area contributed by atoms with E-state index in [9.17, 15) is 0 Å². The Kier molecular flexibility index (Phi) is 9.11. The molecule has 2 aromatic rings. The molecule has 0 saturated carbocycles. The second kappa shape index (κ2) is 11.8. The number of hydrogen-bond acceptors (Lipinski definition) is 4. The molecule has 6 heteroatoms. The molecule has 0 unspecified atom stereocenters. The first-order chi connectivity index (χ1) is 13.7. The third-order valence-corrected chi connectivity index (χ3v) is 4.61. The van der Waals surface area contributed by atoms with Gasteiger partial charge in [-0.1, -0.05) is 34.7 Å². The fourth-order valence-electron chi connectivity index (χ4n) is 2.68. The highest BCUT2D eigenvalue weighted by Crippen LogP contribution is 2.18. The lowest BCUT2D eigenvalue weighted by Gasteiger charge is -2.11. The van der Waals surface area contributed by atoms with E-state index in [4.69, 9.17) is 0 Å². The lowest BCUT2D eigenvalue weighted by atomic mass is 10.0. The van der Waals surface area contributed by atoms with Crippen molar-refractivity contribution in [3.63, 3.8) is 0 Å². The number of rotatable bonds is 11. The predicted molar refractivity (Wildman–Crippen MR) is 115 cm³/mol. The van der Waals surface area contributed by atoms with Gasteiger partial charge in [0.25, 0.3) is 0 Å². The van der Waals surface area contributed by atoms with E-state index in [1.807, 2.05) is 34.3 Å². The minimum absolute atomic E-state index is 0.869. The van der Waals surface area contributed by atoms with E-state index in [2.05, 4.69) is 72.6 Å². The van der Waals surface area contributed by atoms with Crippen molar-refractivity contribution in [2.75, 3.05) is 26.2 Å². The molecular formula is C22H32N6. The zero-order valence-corrected chi connectivity index (χ0v) is 17.5. The van der Waals surface area contributed by atoms with Crippen LogP contribution in [0.25, 0.3) is 0 Å². The monoisotopic (exact) mass is 380 g/mol. The molecule has 0 spiro atoms. The maximum absolute atomic E-state index is 4.29. The summed E-state index contributed by atoms with van der Waals surface area (Å²) >= 11 is 0. The van der Waals surface area contributed by atoms with E-state index in [1.54, 1.807) is 0 Å². The Morgan fingerprint density at radius 2 is 0.857 bits per heavy atom. The van der Waals surface area contributed by atoms with Gasteiger partial charge in [0.05, 0.1) is 11.4 Å². The van der Waals surface area contributed by atoms with Gasteiger partial charge in [-0.05, 0) is 75.9 Å². The molecule has 6 nitrogen and oxygen atoms in total. The second-order valence-corrected chi connectivity index (χ2v) is 6.49. The summed E-state index contributed by atoms with van der Waals surface area (Å²) in [6.45, 7) is 11.8. The molecule has 0 heterocycles. The standard InChI is InChI=1S/C22H32N6/c1-5-27(6-2)25-23-21-15-11-19(12-16-21)9-10-20-13-17-22(18-14-20)24-26-28(7-3)8-4/h11-18H,5-10H2,1-4H3. The fourth-order valence-corrected chi connectivity index (χ4v) is 2.68.